The molecule has 12 nitrogen and oxygen atoms in total. The van der Waals surface area contributed by atoms with Gasteiger partial charge in [-0.1, -0.05) is 13.8 Å². The van der Waals surface area contributed by atoms with E-state index in [1.807, 2.05) is 0 Å². The Balaban J connectivity index is 1.61. The third-order valence-corrected chi connectivity index (χ3v) is 6.37. The number of phenols is 3. The zero-order valence-corrected chi connectivity index (χ0v) is 20.5. The first-order valence-corrected chi connectivity index (χ1v) is 11.9. The molecule has 12 heteroatoms. The van der Waals surface area contributed by atoms with E-state index in [0.29, 0.717) is 6.42 Å². The van der Waals surface area contributed by atoms with Crippen molar-refractivity contribution in [1.82, 2.24) is 0 Å². The van der Waals surface area contributed by atoms with Crippen molar-refractivity contribution in [3.63, 3.8) is 0 Å². The van der Waals surface area contributed by atoms with Gasteiger partial charge in [-0.2, -0.15) is 0 Å². The molecule has 1 saturated heterocycles. The summed E-state index contributed by atoms with van der Waals surface area (Å²) in [7, 11) is 0. The molecular formula is C26H28O12. The molecule has 4 rings (SSSR count). The van der Waals surface area contributed by atoms with Gasteiger partial charge in [-0.3, -0.25) is 9.59 Å². The SMILES string of the molecule is CCC(C)C(=O)OCC1O[C@@H](Oc2cc(O)c3c(=O)cc(-c4ccc(O)c(O)c4)oc3c2)C(O)[C@@H](O)[C@@H]1O. The van der Waals surface area contributed by atoms with Crippen molar-refractivity contribution in [2.45, 2.75) is 51.0 Å². The Hall–Kier alpha value is -3.84. The van der Waals surface area contributed by atoms with Gasteiger partial charge in [-0.05, 0) is 24.6 Å². The maximum absolute atomic E-state index is 12.7. The average molecular weight is 532 g/mol. The van der Waals surface area contributed by atoms with E-state index in [2.05, 4.69) is 0 Å². The van der Waals surface area contributed by atoms with E-state index in [0.717, 1.165) is 12.1 Å². The molecule has 0 amide bonds. The highest BCUT2D eigenvalue weighted by Crippen LogP contribution is 2.35. The van der Waals surface area contributed by atoms with Gasteiger partial charge in [-0.15, -0.1) is 0 Å². The molecular weight excluding hydrogens is 504 g/mol. The molecule has 1 aliphatic heterocycles. The maximum atomic E-state index is 12.7. The molecule has 2 aromatic carbocycles. The molecule has 2 heterocycles. The van der Waals surface area contributed by atoms with Crippen LogP contribution in [0.3, 0.4) is 0 Å². The lowest BCUT2D eigenvalue weighted by molar-refractivity contribution is -0.278. The largest absolute Gasteiger partial charge is 0.507 e. The standard InChI is InChI=1S/C26H28O12/c1-3-11(2)25(34)35-10-20-22(31)23(32)24(33)26(38-20)36-13-7-16(29)21-17(30)9-18(37-19(21)8-13)12-4-5-14(27)15(28)6-12/h4-9,11,20,22-24,26-29,31-33H,3,10H2,1-2H3/t11?,20?,22-,23+,24?,26-/m1/s1. The zero-order chi connectivity index (χ0) is 27.7. The van der Waals surface area contributed by atoms with Gasteiger partial charge in [0.1, 0.15) is 59.3 Å². The van der Waals surface area contributed by atoms with Crippen molar-refractivity contribution >= 4 is 16.9 Å². The van der Waals surface area contributed by atoms with Gasteiger partial charge in [-0.25, -0.2) is 0 Å². The number of carbonyl (C=O) groups excluding carboxylic acids is 1. The minimum absolute atomic E-state index is 0.0185. The number of aliphatic hydroxyl groups excluding tert-OH is 3. The van der Waals surface area contributed by atoms with Gasteiger partial charge in [0.05, 0.1) is 5.92 Å². The number of rotatable bonds is 7. The second-order valence-electron chi connectivity index (χ2n) is 9.07. The Bertz CT molecular complexity index is 1380. The number of phenolic OH excluding ortho intramolecular Hbond substituents is 3. The fourth-order valence-corrected chi connectivity index (χ4v) is 3.89. The molecule has 1 fully saturated rings. The average Bonchev–Trinajstić information content (AvgIpc) is 2.88. The number of ether oxygens (including phenoxy) is 3. The Morgan fingerprint density at radius 1 is 0.974 bits per heavy atom. The van der Waals surface area contributed by atoms with Crippen molar-refractivity contribution in [2.24, 2.45) is 5.92 Å². The van der Waals surface area contributed by atoms with Gasteiger partial charge < -0.3 is 49.3 Å². The van der Waals surface area contributed by atoms with Gasteiger partial charge >= 0.3 is 5.97 Å². The molecule has 0 bridgehead atoms. The van der Waals surface area contributed by atoms with Crippen LogP contribution >= 0.6 is 0 Å². The Morgan fingerprint density at radius 2 is 1.71 bits per heavy atom. The third-order valence-electron chi connectivity index (χ3n) is 6.37. The van der Waals surface area contributed by atoms with E-state index < -0.39 is 60.2 Å². The van der Waals surface area contributed by atoms with Crippen LogP contribution in [0, 0.1) is 5.92 Å². The number of aliphatic hydroxyl groups is 3. The summed E-state index contributed by atoms with van der Waals surface area (Å²) in [6.07, 6.45) is -7.25. The lowest BCUT2D eigenvalue weighted by Gasteiger charge is -2.40. The quantitative estimate of drug-likeness (QED) is 0.189. The maximum Gasteiger partial charge on any atom is 0.308 e. The minimum atomic E-state index is -1.72. The second kappa shape index (κ2) is 10.9. The van der Waals surface area contributed by atoms with E-state index in [9.17, 15) is 40.2 Å². The van der Waals surface area contributed by atoms with Crippen LogP contribution in [0.1, 0.15) is 20.3 Å². The first-order chi connectivity index (χ1) is 18.0. The normalized spacial score (nSPS) is 24.2. The summed E-state index contributed by atoms with van der Waals surface area (Å²) >= 11 is 0. The summed E-state index contributed by atoms with van der Waals surface area (Å²) in [4.78, 5) is 24.7. The van der Waals surface area contributed by atoms with Crippen LogP contribution in [0.4, 0.5) is 0 Å². The molecule has 0 aliphatic carbocycles. The topological polar surface area (TPSA) is 196 Å². The molecule has 0 spiro atoms. The molecule has 0 saturated carbocycles. The first-order valence-electron chi connectivity index (χ1n) is 11.9. The zero-order valence-electron chi connectivity index (χ0n) is 20.5. The van der Waals surface area contributed by atoms with Crippen molar-refractivity contribution in [3.05, 3.63) is 46.6 Å². The monoisotopic (exact) mass is 532 g/mol. The number of hydrogen-bond donors (Lipinski definition) is 6. The van der Waals surface area contributed by atoms with E-state index >= 15 is 0 Å². The van der Waals surface area contributed by atoms with Crippen LogP contribution < -0.4 is 10.2 Å². The van der Waals surface area contributed by atoms with Crippen molar-refractivity contribution in [1.29, 1.82) is 0 Å². The third kappa shape index (κ3) is 5.38. The van der Waals surface area contributed by atoms with Crippen molar-refractivity contribution in [2.75, 3.05) is 6.61 Å². The molecule has 204 valence electrons. The lowest BCUT2D eigenvalue weighted by atomic mass is 9.99. The van der Waals surface area contributed by atoms with E-state index in [1.54, 1.807) is 13.8 Å². The molecule has 1 aromatic heterocycles. The number of aromatic hydroxyl groups is 3. The predicted octanol–water partition coefficient (Wildman–Crippen LogP) is 1.35. The predicted molar refractivity (Wildman–Crippen MR) is 131 cm³/mol. The molecule has 3 unspecified atom stereocenters. The van der Waals surface area contributed by atoms with E-state index in [-0.39, 0.29) is 39.7 Å². The lowest BCUT2D eigenvalue weighted by Crippen LogP contribution is -2.60. The van der Waals surface area contributed by atoms with Crippen LogP contribution in [0.15, 0.2) is 45.6 Å². The number of esters is 1. The van der Waals surface area contributed by atoms with Gasteiger partial charge in [0.2, 0.25) is 6.29 Å². The summed E-state index contributed by atoms with van der Waals surface area (Å²) in [6.45, 7) is 3.07. The highest BCUT2D eigenvalue weighted by molar-refractivity contribution is 5.86. The molecule has 6 N–H and O–H groups in total. The van der Waals surface area contributed by atoms with Crippen molar-refractivity contribution < 1.29 is 54.1 Å². The van der Waals surface area contributed by atoms with Crippen LogP contribution in [0.2, 0.25) is 0 Å². The first kappa shape index (κ1) is 27.2. The summed E-state index contributed by atoms with van der Waals surface area (Å²) in [5, 5.41) is 60.6. The van der Waals surface area contributed by atoms with E-state index in [1.165, 1.54) is 24.3 Å². The Morgan fingerprint density at radius 3 is 2.39 bits per heavy atom. The van der Waals surface area contributed by atoms with Crippen molar-refractivity contribution in [3.8, 4) is 34.3 Å². The fourth-order valence-electron chi connectivity index (χ4n) is 3.89. The smallest absolute Gasteiger partial charge is 0.308 e. The van der Waals surface area contributed by atoms with Crippen LogP contribution in [0.25, 0.3) is 22.3 Å². The number of fused-ring (bicyclic) bond motifs is 1. The van der Waals surface area contributed by atoms with Gasteiger partial charge in [0.15, 0.2) is 16.9 Å². The fraction of sp³-hybridized carbons (Fsp3) is 0.385. The highest BCUT2D eigenvalue weighted by atomic mass is 16.7. The summed E-state index contributed by atoms with van der Waals surface area (Å²) in [6, 6.07) is 7.23. The van der Waals surface area contributed by atoms with Gasteiger partial charge in [0, 0.05) is 23.8 Å². The van der Waals surface area contributed by atoms with Crippen LogP contribution in [-0.2, 0) is 14.3 Å². The molecule has 38 heavy (non-hydrogen) atoms. The molecule has 0 radical (unpaired) electrons. The molecule has 6 atom stereocenters. The highest BCUT2D eigenvalue weighted by Gasteiger charge is 2.45. The summed E-state index contributed by atoms with van der Waals surface area (Å²) < 4.78 is 22.1. The number of hydrogen-bond acceptors (Lipinski definition) is 12. The summed E-state index contributed by atoms with van der Waals surface area (Å²) in [5.74, 6) is -2.30. The summed E-state index contributed by atoms with van der Waals surface area (Å²) in [5.41, 5.74) is -0.448. The second-order valence-corrected chi connectivity index (χ2v) is 9.07. The molecule has 3 aromatic rings. The minimum Gasteiger partial charge on any atom is -0.507 e. The Kier molecular flexibility index (Phi) is 7.78. The Labute approximate surface area is 215 Å². The van der Waals surface area contributed by atoms with E-state index in [4.69, 9.17) is 18.6 Å². The van der Waals surface area contributed by atoms with Crippen LogP contribution in [0.5, 0.6) is 23.0 Å². The number of carbonyl (C=O) groups is 1. The van der Waals surface area contributed by atoms with Crippen LogP contribution in [-0.4, -0.2) is 73.9 Å². The molecule has 1 aliphatic rings. The van der Waals surface area contributed by atoms with Gasteiger partial charge in [0.25, 0.3) is 0 Å². The number of benzene rings is 2.